The quantitative estimate of drug-likeness (QED) is 0.749. The second kappa shape index (κ2) is 7.70. The van der Waals surface area contributed by atoms with Crippen molar-refractivity contribution in [2.75, 3.05) is 6.54 Å². The van der Waals surface area contributed by atoms with Crippen LogP contribution in [-0.4, -0.2) is 18.5 Å². The minimum absolute atomic E-state index is 0.182. The summed E-state index contributed by atoms with van der Waals surface area (Å²) in [4.78, 5) is 11.7. The Bertz CT molecular complexity index is 222. The molecule has 17 heavy (non-hydrogen) atoms. The number of hydrogen-bond donors (Lipinski definition) is 2. The third-order valence-electron chi connectivity index (χ3n) is 3.85. The van der Waals surface area contributed by atoms with Gasteiger partial charge in [0.25, 0.3) is 0 Å². The van der Waals surface area contributed by atoms with Crippen molar-refractivity contribution in [2.24, 2.45) is 17.6 Å². The highest BCUT2D eigenvalue weighted by atomic mass is 16.1. The van der Waals surface area contributed by atoms with Gasteiger partial charge in [-0.1, -0.05) is 26.7 Å². The van der Waals surface area contributed by atoms with Crippen molar-refractivity contribution in [3.05, 3.63) is 0 Å². The molecule has 1 saturated carbocycles. The molecule has 3 nitrogen and oxygen atoms in total. The highest BCUT2D eigenvalue weighted by Gasteiger charge is 2.22. The molecule has 1 aliphatic rings. The minimum atomic E-state index is 0.182. The average molecular weight is 240 g/mol. The van der Waals surface area contributed by atoms with Crippen LogP contribution < -0.4 is 11.1 Å². The molecule has 100 valence electrons. The SMILES string of the molecule is CCCC1CCC(NC(=O)CC(C)CN)CC1. The second-order valence-electron chi connectivity index (χ2n) is 5.62. The van der Waals surface area contributed by atoms with Gasteiger partial charge >= 0.3 is 0 Å². The third-order valence-corrected chi connectivity index (χ3v) is 3.85. The summed E-state index contributed by atoms with van der Waals surface area (Å²) in [5.74, 6) is 1.38. The zero-order valence-electron chi connectivity index (χ0n) is 11.4. The van der Waals surface area contributed by atoms with Crippen LogP contribution in [0.25, 0.3) is 0 Å². The van der Waals surface area contributed by atoms with Crippen LogP contribution in [-0.2, 0) is 4.79 Å². The molecule has 0 heterocycles. The highest BCUT2D eigenvalue weighted by molar-refractivity contribution is 5.76. The maximum atomic E-state index is 11.7. The van der Waals surface area contributed by atoms with Crippen LogP contribution in [0, 0.1) is 11.8 Å². The van der Waals surface area contributed by atoms with Crippen LogP contribution in [0.4, 0.5) is 0 Å². The van der Waals surface area contributed by atoms with Crippen LogP contribution in [0.3, 0.4) is 0 Å². The zero-order valence-corrected chi connectivity index (χ0v) is 11.4. The van der Waals surface area contributed by atoms with Gasteiger partial charge in [0.15, 0.2) is 0 Å². The summed E-state index contributed by atoms with van der Waals surface area (Å²) in [6.07, 6.45) is 8.10. The van der Waals surface area contributed by atoms with Gasteiger partial charge in [0.1, 0.15) is 0 Å². The molecule has 1 rings (SSSR count). The molecule has 0 aromatic heterocycles. The molecule has 1 aliphatic carbocycles. The van der Waals surface area contributed by atoms with E-state index in [1.165, 1.54) is 25.7 Å². The van der Waals surface area contributed by atoms with Crippen LogP contribution in [0.5, 0.6) is 0 Å². The number of rotatable bonds is 6. The summed E-state index contributed by atoms with van der Waals surface area (Å²) in [7, 11) is 0. The largest absolute Gasteiger partial charge is 0.353 e. The molecule has 0 aromatic rings. The fourth-order valence-corrected chi connectivity index (χ4v) is 2.69. The molecule has 0 aromatic carbocycles. The van der Waals surface area contributed by atoms with E-state index in [1.54, 1.807) is 0 Å². The standard InChI is InChI=1S/C14H28N2O/c1-3-4-12-5-7-13(8-6-12)16-14(17)9-11(2)10-15/h11-13H,3-10,15H2,1-2H3,(H,16,17). The fraction of sp³-hybridized carbons (Fsp3) is 0.929. The molecule has 1 unspecified atom stereocenters. The predicted molar refractivity (Wildman–Crippen MR) is 71.6 cm³/mol. The van der Waals surface area contributed by atoms with E-state index >= 15 is 0 Å². The monoisotopic (exact) mass is 240 g/mol. The van der Waals surface area contributed by atoms with Gasteiger partial charge in [-0.25, -0.2) is 0 Å². The normalized spacial score (nSPS) is 26.5. The minimum Gasteiger partial charge on any atom is -0.353 e. The third kappa shape index (κ3) is 5.53. The van der Waals surface area contributed by atoms with Crippen LogP contribution in [0.15, 0.2) is 0 Å². The lowest BCUT2D eigenvalue weighted by Gasteiger charge is -2.29. The van der Waals surface area contributed by atoms with Crippen LogP contribution >= 0.6 is 0 Å². The second-order valence-corrected chi connectivity index (χ2v) is 5.62. The van der Waals surface area contributed by atoms with Crippen molar-refractivity contribution in [3.63, 3.8) is 0 Å². The van der Waals surface area contributed by atoms with Gasteiger partial charge in [-0.05, 0) is 44.1 Å². The first-order chi connectivity index (χ1) is 8.15. The van der Waals surface area contributed by atoms with Crippen molar-refractivity contribution in [1.29, 1.82) is 0 Å². The van der Waals surface area contributed by atoms with Crippen LogP contribution in [0.1, 0.15) is 58.8 Å². The number of carbonyl (C=O) groups is 1. The Balaban J connectivity index is 2.19. The first-order valence-corrected chi connectivity index (χ1v) is 7.15. The Kier molecular flexibility index (Phi) is 6.56. The summed E-state index contributed by atoms with van der Waals surface area (Å²) in [6.45, 7) is 4.87. The van der Waals surface area contributed by atoms with E-state index in [0.717, 1.165) is 18.8 Å². The van der Waals surface area contributed by atoms with Gasteiger partial charge < -0.3 is 11.1 Å². The fourth-order valence-electron chi connectivity index (χ4n) is 2.69. The van der Waals surface area contributed by atoms with Gasteiger partial charge in [-0.2, -0.15) is 0 Å². The molecule has 0 saturated heterocycles. The number of carbonyl (C=O) groups excluding carboxylic acids is 1. The molecule has 1 fully saturated rings. The molecule has 3 N–H and O–H groups in total. The van der Waals surface area contributed by atoms with E-state index in [2.05, 4.69) is 12.2 Å². The number of amides is 1. The van der Waals surface area contributed by atoms with Crippen LogP contribution in [0.2, 0.25) is 0 Å². The van der Waals surface area contributed by atoms with E-state index in [0.29, 0.717) is 24.9 Å². The van der Waals surface area contributed by atoms with Gasteiger partial charge in [-0.3, -0.25) is 4.79 Å². The molecule has 0 bridgehead atoms. The lowest BCUT2D eigenvalue weighted by molar-refractivity contribution is -0.122. The van der Waals surface area contributed by atoms with Crippen molar-refractivity contribution in [2.45, 2.75) is 64.8 Å². The van der Waals surface area contributed by atoms with Crippen molar-refractivity contribution in [3.8, 4) is 0 Å². The topological polar surface area (TPSA) is 55.1 Å². The molecule has 0 aliphatic heterocycles. The first kappa shape index (κ1) is 14.5. The molecule has 0 radical (unpaired) electrons. The summed E-state index contributed by atoms with van der Waals surface area (Å²) >= 11 is 0. The Morgan fingerprint density at radius 3 is 2.53 bits per heavy atom. The average Bonchev–Trinajstić information content (AvgIpc) is 2.31. The molecule has 1 atom stereocenters. The maximum absolute atomic E-state index is 11.7. The van der Waals surface area contributed by atoms with Gasteiger partial charge in [0.05, 0.1) is 0 Å². The summed E-state index contributed by atoms with van der Waals surface area (Å²) in [5.41, 5.74) is 5.53. The Labute approximate surface area is 106 Å². The summed E-state index contributed by atoms with van der Waals surface area (Å²) in [6, 6.07) is 0.417. The molecule has 3 heteroatoms. The van der Waals surface area contributed by atoms with E-state index in [4.69, 9.17) is 5.73 Å². The summed E-state index contributed by atoms with van der Waals surface area (Å²) < 4.78 is 0. The van der Waals surface area contributed by atoms with Crippen molar-refractivity contribution in [1.82, 2.24) is 5.32 Å². The number of nitrogens with one attached hydrogen (secondary N) is 1. The van der Waals surface area contributed by atoms with Crippen molar-refractivity contribution < 1.29 is 4.79 Å². The lowest BCUT2D eigenvalue weighted by Crippen LogP contribution is -2.38. The summed E-state index contributed by atoms with van der Waals surface area (Å²) in [5, 5.41) is 3.15. The first-order valence-electron chi connectivity index (χ1n) is 7.15. The smallest absolute Gasteiger partial charge is 0.220 e. The lowest BCUT2D eigenvalue weighted by atomic mass is 9.83. The Hall–Kier alpha value is -0.570. The van der Waals surface area contributed by atoms with E-state index in [-0.39, 0.29) is 5.91 Å². The zero-order chi connectivity index (χ0) is 12.7. The molecular weight excluding hydrogens is 212 g/mol. The molecule has 1 amide bonds. The van der Waals surface area contributed by atoms with E-state index < -0.39 is 0 Å². The maximum Gasteiger partial charge on any atom is 0.220 e. The predicted octanol–water partition coefficient (Wildman–Crippen LogP) is 2.45. The molecule has 0 spiro atoms. The Morgan fingerprint density at radius 1 is 1.35 bits per heavy atom. The molecular formula is C14H28N2O. The number of nitrogens with two attached hydrogens (primary N) is 1. The van der Waals surface area contributed by atoms with E-state index in [1.807, 2.05) is 6.92 Å². The van der Waals surface area contributed by atoms with E-state index in [9.17, 15) is 4.79 Å². The highest BCUT2D eigenvalue weighted by Crippen LogP contribution is 2.27. The number of hydrogen-bond acceptors (Lipinski definition) is 2. The van der Waals surface area contributed by atoms with Gasteiger partial charge in [0, 0.05) is 12.5 Å². The van der Waals surface area contributed by atoms with Gasteiger partial charge in [-0.15, -0.1) is 0 Å². The van der Waals surface area contributed by atoms with Gasteiger partial charge in [0.2, 0.25) is 5.91 Å². The Morgan fingerprint density at radius 2 is 2.00 bits per heavy atom. The van der Waals surface area contributed by atoms with Crippen molar-refractivity contribution >= 4 is 5.91 Å².